The molecule has 1 N–H and O–H groups in total. The van der Waals surface area contributed by atoms with E-state index in [1.54, 1.807) is 24.4 Å². The van der Waals surface area contributed by atoms with Crippen LogP contribution in [0.5, 0.6) is 0 Å². The largest absolute Gasteiger partial charge is 0.379 e. The molecule has 3 rings (SSSR count). The van der Waals surface area contributed by atoms with Crippen LogP contribution in [0, 0.1) is 0 Å². The number of ether oxygens (including phenoxy) is 1. The number of rotatable bonds is 5. The molecule has 0 aromatic carbocycles. The number of carbonyl (C=O) groups is 1. The van der Waals surface area contributed by atoms with Gasteiger partial charge in [-0.25, -0.2) is 13.4 Å². The van der Waals surface area contributed by atoms with E-state index in [1.807, 2.05) is 0 Å². The predicted molar refractivity (Wildman–Crippen MR) is 87.9 cm³/mol. The number of morpholine rings is 1. The first-order chi connectivity index (χ1) is 11.5. The third kappa shape index (κ3) is 3.58. The zero-order valence-corrected chi connectivity index (χ0v) is 14.3. The van der Waals surface area contributed by atoms with Gasteiger partial charge in [-0.1, -0.05) is 6.07 Å². The Morgan fingerprint density at radius 3 is 2.79 bits per heavy atom. The van der Waals surface area contributed by atoms with Crippen molar-refractivity contribution in [3.8, 4) is 0 Å². The van der Waals surface area contributed by atoms with E-state index in [2.05, 4.69) is 15.2 Å². The predicted octanol–water partition coefficient (Wildman–Crippen LogP) is -0.200. The summed E-state index contributed by atoms with van der Waals surface area (Å²) in [5.74, 6) is -0.373. The lowest BCUT2D eigenvalue weighted by molar-refractivity contribution is 0.0383. The zero-order chi connectivity index (χ0) is 17.2. The van der Waals surface area contributed by atoms with Crippen molar-refractivity contribution >= 4 is 21.3 Å². The molecule has 0 bridgehead atoms. The molecule has 2 aromatic heterocycles. The van der Waals surface area contributed by atoms with E-state index in [0.29, 0.717) is 25.3 Å². The average Bonchev–Trinajstić information content (AvgIpc) is 2.96. The molecule has 8 nitrogen and oxygen atoms in total. The number of amides is 1. The quantitative estimate of drug-likeness (QED) is 0.801. The maximum atomic E-state index is 12.4. The Labute approximate surface area is 140 Å². The lowest BCUT2D eigenvalue weighted by atomic mass is 10.3. The van der Waals surface area contributed by atoms with Crippen molar-refractivity contribution in [3.05, 3.63) is 30.1 Å². The van der Waals surface area contributed by atoms with Gasteiger partial charge < -0.3 is 10.1 Å². The summed E-state index contributed by atoms with van der Waals surface area (Å²) in [7, 11) is -3.53. The number of carbonyl (C=O) groups excluding carboxylic acids is 1. The summed E-state index contributed by atoms with van der Waals surface area (Å²) in [6.07, 6.45) is 2.66. The Bertz CT molecular complexity index is 840. The summed E-state index contributed by atoms with van der Waals surface area (Å²) in [6.45, 7) is 4.30. The highest BCUT2D eigenvalue weighted by molar-refractivity contribution is 7.90. The normalized spacial score (nSPS) is 16.4. The number of nitrogens with zero attached hydrogens (tertiary/aromatic N) is 3. The summed E-state index contributed by atoms with van der Waals surface area (Å²) in [4.78, 5) is 18.7. The second-order valence-electron chi connectivity index (χ2n) is 5.68. The molecular weight excluding hydrogens is 332 g/mol. The van der Waals surface area contributed by atoms with Crippen LogP contribution in [0.2, 0.25) is 0 Å². The molecule has 1 saturated heterocycles. The van der Waals surface area contributed by atoms with Gasteiger partial charge in [0.25, 0.3) is 5.91 Å². The van der Waals surface area contributed by atoms with Crippen molar-refractivity contribution in [2.24, 2.45) is 0 Å². The van der Waals surface area contributed by atoms with Crippen LogP contribution >= 0.6 is 0 Å². The van der Waals surface area contributed by atoms with Crippen molar-refractivity contribution in [2.45, 2.75) is 5.16 Å². The number of hydrogen-bond donors (Lipinski definition) is 1. The van der Waals surface area contributed by atoms with Crippen LogP contribution in [0.1, 0.15) is 10.5 Å². The minimum atomic E-state index is -3.53. The molecule has 0 spiro atoms. The lowest BCUT2D eigenvalue weighted by Crippen LogP contribution is -2.41. The minimum absolute atomic E-state index is 0.123. The molecule has 1 fully saturated rings. The Kier molecular flexibility index (Phi) is 4.83. The summed E-state index contributed by atoms with van der Waals surface area (Å²) in [5.41, 5.74) is 0.597. The van der Waals surface area contributed by atoms with Crippen LogP contribution in [-0.2, 0) is 14.6 Å². The first-order valence-corrected chi connectivity index (χ1v) is 9.61. The van der Waals surface area contributed by atoms with Gasteiger partial charge in [0.05, 0.1) is 18.7 Å². The Morgan fingerprint density at radius 2 is 2.08 bits per heavy atom. The Hall–Kier alpha value is -1.97. The second-order valence-corrected chi connectivity index (χ2v) is 7.59. The molecule has 0 atom stereocenters. The second kappa shape index (κ2) is 6.88. The van der Waals surface area contributed by atoms with Gasteiger partial charge in [-0.05, 0) is 12.1 Å². The van der Waals surface area contributed by atoms with Crippen molar-refractivity contribution in [2.75, 3.05) is 45.6 Å². The van der Waals surface area contributed by atoms with Crippen molar-refractivity contribution < 1.29 is 17.9 Å². The monoisotopic (exact) mass is 352 g/mol. The molecule has 130 valence electrons. The van der Waals surface area contributed by atoms with E-state index in [4.69, 9.17) is 4.74 Å². The van der Waals surface area contributed by atoms with Crippen LogP contribution in [-0.4, -0.2) is 74.3 Å². The standard InChI is InChI=1S/C15H20N4O4S/c1-24(21,22)15-17-13(12-4-2-3-6-19(12)15)14(20)16-5-7-18-8-10-23-11-9-18/h2-4,6H,5,7-11H2,1H3,(H,16,20). The number of aromatic nitrogens is 2. The lowest BCUT2D eigenvalue weighted by Gasteiger charge is -2.26. The fraction of sp³-hybridized carbons (Fsp3) is 0.467. The molecule has 1 aliphatic heterocycles. The molecule has 24 heavy (non-hydrogen) atoms. The number of nitrogens with one attached hydrogen (secondary N) is 1. The van der Waals surface area contributed by atoms with Gasteiger partial charge in [0.1, 0.15) is 0 Å². The fourth-order valence-electron chi connectivity index (χ4n) is 2.67. The van der Waals surface area contributed by atoms with Crippen molar-refractivity contribution in [1.82, 2.24) is 19.6 Å². The van der Waals surface area contributed by atoms with Gasteiger partial charge in [-0.2, -0.15) is 0 Å². The summed E-state index contributed by atoms with van der Waals surface area (Å²) >= 11 is 0. The van der Waals surface area contributed by atoms with E-state index in [1.165, 1.54) is 4.40 Å². The van der Waals surface area contributed by atoms with E-state index >= 15 is 0 Å². The molecule has 3 heterocycles. The van der Waals surface area contributed by atoms with E-state index in [-0.39, 0.29) is 16.8 Å². The highest BCUT2D eigenvalue weighted by Crippen LogP contribution is 2.16. The number of hydrogen-bond acceptors (Lipinski definition) is 6. The van der Waals surface area contributed by atoms with Gasteiger partial charge in [0.2, 0.25) is 15.0 Å². The van der Waals surface area contributed by atoms with E-state index < -0.39 is 9.84 Å². The van der Waals surface area contributed by atoms with Crippen LogP contribution in [0.15, 0.2) is 29.6 Å². The number of imidazole rings is 1. The molecular formula is C15H20N4O4S. The van der Waals surface area contributed by atoms with Crippen LogP contribution in [0.4, 0.5) is 0 Å². The molecule has 0 saturated carbocycles. The van der Waals surface area contributed by atoms with Crippen molar-refractivity contribution in [3.63, 3.8) is 0 Å². The highest BCUT2D eigenvalue weighted by atomic mass is 32.2. The topological polar surface area (TPSA) is 93.0 Å². The number of pyridine rings is 1. The maximum Gasteiger partial charge on any atom is 0.272 e. The van der Waals surface area contributed by atoms with E-state index in [9.17, 15) is 13.2 Å². The minimum Gasteiger partial charge on any atom is -0.379 e. The van der Waals surface area contributed by atoms with Gasteiger partial charge in [-0.3, -0.25) is 14.1 Å². The van der Waals surface area contributed by atoms with Gasteiger partial charge in [-0.15, -0.1) is 0 Å². The SMILES string of the molecule is CS(=O)(=O)c1nc(C(=O)NCCN2CCOCC2)c2ccccn12. The summed E-state index contributed by atoms with van der Waals surface area (Å²) < 4.78 is 30.4. The fourth-order valence-corrected chi connectivity index (χ4v) is 3.45. The molecule has 0 aliphatic carbocycles. The maximum absolute atomic E-state index is 12.4. The molecule has 9 heteroatoms. The van der Waals surface area contributed by atoms with Gasteiger partial charge in [0.15, 0.2) is 5.69 Å². The molecule has 0 unspecified atom stereocenters. The first kappa shape index (κ1) is 16.9. The van der Waals surface area contributed by atoms with Crippen LogP contribution < -0.4 is 5.32 Å². The zero-order valence-electron chi connectivity index (χ0n) is 13.4. The highest BCUT2D eigenvalue weighted by Gasteiger charge is 2.22. The molecule has 1 amide bonds. The van der Waals surface area contributed by atoms with Gasteiger partial charge in [0, 0.05) is 38.6 Å². The smallest absolute Gasteiger partial charge is 0.272 e. The third-order valence-corrected chi connectivity index (χ3v) is 4.83. The molecule has 2 aromatic rings. The number of fused-ring (bicyclic) bond motifs is 1. The molecule has 1 aliphatic rings. The summed E-state index contributed by atoms with van der Waals surface area (Å²) in [5, 5.41) is 2.68. The summed E-state index contributed by atoms with van der Waals surface area (Å²) in [6, 6.07) is 5.12. The number of sulfone groups is 1. The van der Waals surface area contributed by atoms with Crippen LogP contribution in [0.3, 0.4) is 0 Å². The third-order valence-electron chi connectivity index (χ3n) is 3.88. The Morgan fingerprint density at radius 1 is 1.33 bits per heavy atom. The Balaban J connectivity index is 1.75. The van der Waals surface area contributed by atoms with Gasteiger partial charge >= 0.3 is 0 Å². The average molecular weight is 352 g/mol. The first-order valence-electron chi connectivity index (χ1n) is 7.72. The molecule has 0 radical (unpaired) electrons. The van der Waals surface area contributed by atoms with Crippen molar-refractivity contribution in [1.29, 1.82) is 0 Å². The van der Waals surface area contributed by atoms with E-state index in [0.717, 1.165) is 25.9 Å². The van der Waals surface area contributed by atoms with Crippen LogP contribution in [0.25, 0.3) is 5.52 Å².